The van der Waals surface area contributed by atoms with Crippen LogP contribution in [0.25, 0.3) is 0 Å². The fraction of sp³-hybridized carbons (Fsp3) is 0.462. The van der Waals surface area contributed by atoms with Gasteiger partial charge in [-0.15, -0.1) is 0 Å². The van der Waals surface area contributed by atoms with Gasteiger partial charge in [0.05, 0.1) is 4.92 Å². The molecule has 1 aliphatic heterocycles. The lowest BCUT2D eigenvalue weighted by Gasteiger charge is -2.35. The SMILES string of the molecule is COCC(=O)N1CCN(c2ccc(Cl)cc2[N+](=O)[O-])CC1. The fourth-order valence-corrected chi connectivity index (χ4v) is 2.49. The van der Waals surface area contributed by atoms with Gasteiger partial charge in [0.25, 0.3) is 5.69 Å². The van der Waals surface area contributed by atoms with E-state index < -0.39 is 4.92 Å². The van der Waals surface area contributed by atoms with E-state index in [1.807, 2.05) is 4.90 Å². The highest BCUT2D eigenvalue weighted by atomic mass is 35.5. The van der Waals surface area contributed by atoms with Crippen molar-refractivity contribution in [1.29, 1.82) is 0 Å². The summed E-state index contributed by atoms with van der Waals surface area (Å²) in [6.07, 6.45) is 0. The highest BCUT2D eigenvalue weighted by molar-refractivity contribution is 6.30. The molecular weight excluding hydrogens is 298 g/mol. The number of nitro benzene ring substituents is 1. The molecular formula is C13H16ClN3O4. The lowest BCUT2D eigenvalue weighted by atomic mass is 10.2. The summed E-state index contributed by atoms with van der Waals surface area (Å²) >= 11 is 5.81. The Morgan fingerprint density at radius 3 is 2.62 bits per heavy atom. The summed E-state index contributed by atoms with van der Waals surface area (Å²) in [4.78, 5) is 26.0. The van der Waals surface area contributed by atoms with Gasteiger partial charge in [-0.3, -0.25) is 14.9 Å². The Morgan fingerprint density at radius 2 is 2.05 bits per heavy atom. The van der Waals surface area contributed by atoms with E-state index in [9.17, 15) is 14.9 Å². The van der Waals surface area contributed by atoms with E-state index in [0.29, 0.717) is 36.9 Å². The van der Waals surface area contributed by atoms with Gasteiger partial charge in [0.2, 0.25) is 5.91 Å². The highest BCUT2D eigenvalue weighted by Gasteiger charge is 2.25. The summed E-state index contributed by atoms with van der Waals surface area (Å²) in [5, 5.41) is 11.4. The molecule has 114 valence electrons. The predicted molar refractivity (Wildman–Crippen MR) is 78.8 cm³/mol. The normalized spacial score (nSPS) is 15.1. The first-order valence-electron chi connectivity index (χ1n) is 6.48. The molecule has 0 N–H and O–H groups in total. The Balaban J connectivity index is 2.09. The molecule has 0 aliphatic carbocycles. The molecule has 1 aromatic carbocycles. The Kier molecular flexibility index (Phi) is 4.98. The highest BCUT2D eigenvalue weighted by Crippen LogP contribution is 2.31. The summed E-state index contributed by atoms with van der Waals surface area (Å²) in [6, 6.07) is 4.62. The molecule has 1 saturated heterocycles. The molecule has 8 heteroatoms. The van der Waals surface area contributed by atoms with Gasteiger partial charge in [0.1, 0.15) is 12.3 Å². The summed E-state index contributed by atoms with van der Waals surface area (Å²) < 4.78 is 4.82. The van der Waals surface area contributed by atoms with Crippen molar-refractivity contribution < 1.29 is 14.5 Å². The van der Waals surface area contributed by atoms with E-state index in [1.54, 1.807) is 17.0 Å². The van der Waals surface area contributed by atoms with Crippen LogP contribution in [0, 0.1) is 10.1 Å². The lowest BCUT2D eigenvalue weighted by Crippen LogP contribution is -2.49. The molecule has 0 radical (unpaired) electrons. The number of halogens is 1. The average molecular weight is 314 g/mol. The second kappa shape index (κ2) is 6.73. The van der Waals surface area contributed by atoms with Crippen LogP contribution in [0.5, 0.6) is 0 Å². The Labute approximate surface area is 127 Å². The van der Waals surface area contributed by atoms with E-state index >= 15 is 0 Å². The Hall–Kier alpha value is -1.86. The molecule has 1 fully saturated rings. The standard InChI is InChI=1S/C13H16ClN3O4/c1-21-9-13(18)16-6-4-15(5-7-16)11-3-2-10(14)8-12(11)17(19)20/h2-3,8H,4-7,9H2,1H3. The zero-order chi connectivity index (χ0) is 15.4. The second-order valence-electron chi connectivity index (χ2n) is 4.69. The van der Waals surface area contributed by atoms with Crippen molar-refractivity contribution in [2.45, 2.75) is 0 Å². The van der Waals surface area contributed by atoms with E-state index in [4.69, 9.17) is 16.3 Å². The van der Waals surface area contributed by atoms with E-state index in [-0.39, 0.29) is 18.2 Å². The third-order valence-electron chi connectivity index (χ3n) is 3.38. The van der Waals surface area contributed by atoms with Gasteiger partial charge in [0, 0.05) is 44.4 Å². The lowest BCUT2D eigenvalue weighted by molar-refractivity contribution is -0.384. The monoisotopic (exact) mass is 313 g/mol. The number of ether oxygens (including phenoxy) is 1. The Morgan fingerprint density at radius 1 is 1.38 bits per heavy atom. The third kappa shape index (κ3) is 3.62. The maximum atomic E-state index is 11.7. The molecule has 0 unspecified atom stereocenters. The largest absolute Gasteiger partial charge is 0.375 e. The number of benzene rings is 1. The number of hydrogen-bond acceptors (Lipinski definition) is 5. The van der Waals surface area contributed by atoms with Crippen LogP contribution in [0.15, 0.2) is 18.2 Å². The fourth-order valence-electron chi connectivity index (χ4n) is 2.32. The molecule has 0 atom stereocenters. The summed E-state index contributed by atoms with van der Waals surface area (Å²) in [5.41, 5.74) is 0.516. The van der Waals surface area contributed by atoms with Gasteiger partial charge >= 0.3 is 0 Å². The topological polar surface area (TPSA) is 75.9 Å². The molecule has 7 nitrogen and oxygen atoms in total. The van der Waals surface area contributed by atoms with Gasteiger partial charge in [-0.1, -0.05) is 11.6 Å². The molecule has 0 aromatic heterocycles. The number of rotatable bonds is 4. The summed E-state index contributed by atoms with van der Waals surface area (Å²) in [6.45, 7) is 2.17. The molecule has 1 heterocycles. The van der Waals surface area contributed by atoms with Crippen LogP contribution in [-0.2, 0) is 9.53 Å². The minimum absolute atomic E-state index is 0.0147. The van der Waals surface area contributed by atoms with Gasteiger partial charge in [-0.25, -0.2) is 0 Å². The number of amides is 1. The van der Waals surface area contributed by atoms with Crippen LogP contribution in [0.2, 0.25) is 5.02 Å². The zero-order valence-electron chi connectivity index (χ0n) is 11.6. The van der Waals surface area contributed by atoms with Gasteiger partial charge in [-0.05, 0) is 12.1 Å². The van der Waals surface area contributed by atoms with Crippen molar-refractivity contribution in [2.24, 2.45) is 0 Å². The molecule has 1 aromatic rings. The number of carbonyl (C=O) groups excluding carboxylic acids is 1. The van der Waals surface area contributed by atoms with Crippen LogP contribution in [0.1, 0.15) is 0 Å². The molecule has 1 aliphatic rings. The van der Waals surface area contributed by atoms with Crippen LogP contribution < -0.4 is 4.90 Å². The van der Waals surface area contributed by atoms with E-state index in [0.717, 1.165) is 0 Å². The van der Waals surface area contributed by atoms with Crippen LogP contribution >= 0.6 is 11.6 Å². The van der Waals surface area contributed by atoms with Crippen LogP contribution in [0.3, 0.4) is 0 Å². The van der Waals surface area contributed by atoms with Crippen LogP contribution in [-0.4, -0.2) is 55.6 Å². The summed E-state index contributed by atoms with van der Waals surface area (Å²) in [5.74, 6) is -0.0669. The Bertz CT molecular complexity index is 544. The third-order valence-corrected chi connectivity index (χ3v) is 3.61. The number of hydrogen-bond donors (Lipinski definition) is 0. The van der Waals surface area contributed by atoms with Gasteiger partial charge in [0.15, 0.2) is 0 Å². The molecule has 0 bridgehead atoms. The predicted octanol–water partition coefficient (Wildman–Crippen LogP) is 1.54. The first-order chi connectivity index (χ1) is 10.0. The minimum atomic E-state index is -0.441. The number of piperazine rings is 1. The molecule has 0 saturated carbocycles. The molecule has 1 amide bonds. The molecule has 2 rings (SSSR count). The maximum Gasteiger partial charge on any atom is 0.294 e. The maximum absolute atomic E-state index is 11.7. The average Bonchev–Trinajstić information content (AvgIpc) is 2.47. The number of nitrogens with zero attached hydrogens (tertiary/aromatic N) is 3. The first-order valence-corrected chi connectivity index (χ1v) is 6.86. The minimum Gasteiger partial charge on any atom is -0.375 e. The number of methoxy groups -OCH3 is 1. The van der Waals surface area contributed by atoms with E-state index in [2.05, 4.69) is 0 Å². The van der Waals surface area contributed by atoms with Gasteiger partial charge < -0.3 is 14.5 Å². The molecule has 0 spiro atoms. The molecule has 21 heavy (non-hydrogen) atoms. The summed E-state index contributed by atoms with van der Waals surface area (Å²) in [7, 11) is 1.48. The van der Waals surface area contributed by atoms with Crippen molar-refractivity contribution in [3.63, 3.8) is 0 Å². The van der Waals surface area contributed by atoms with Crippen molar-refractivity contribution in [2.75, 3.05) is 44.8 Å². The van der Waals surface area contributed by atoms with Crippen molar-refractivity contribution in [3.8, 4) is 0 Å². The van der Waals surface area contributed by atoms with Crippen molar-refractivity contribution in [1.82, 2.24) is 4.90 Å². The van der Waals surface area contributed by atoms with Gasteiger partial charge in [-0.2, -0.15) is 0 Å². The van der Waals surface area contributed by atoms with E-state index in [1.165, 1.54) is 13.2 Å². The number of anilines is 1. The van der Waals surface area contributed by atoms with Crippen molar-refractivity contribution in [3.05, 3.63) is 33.3 Å². The zero-order valence-corrected chi connectivity index (χ0v) is 12.4. The van der Waals surface area contributed by atoms with Crippen molar-refractivity contribution >= 4 is 28.9 Å². The second-order valence-corrected chi connectivity index (χ2v) is 5.13. The quantitative estimate of drug-likeness (QED) is 0.622. The number of carbonyl (C=O) groups is 1. The number of nitro groups is 1. The first kappa shape index (κ1) is 15.5. The smallest absolute Gasteiger partial charge is 0.294 e. The van der Waals surface area contributed by atoms with Crippen LogP contribution in [0.4, 0.5) is 11.4 Å².